The smallest absolute Gasteiger partial charge is 0.141 e. The number of thiophene rings is 1. The van der Waals surface area contributed by atoms with E-state index in [2.05, 4.69) is 26.9 Å². The molecule has 0 saturated carbocycles. The molecular weight excluding hydrogens is 368 g/mol. The van der Waals surface area contributed by atoms with Crippen molar-refractivity contribution in [1.29, 1.82) is 0 Å². The van der Waals surface area contributed by atoms with Crippen LogP contribution < -0.4 is 9.64 Å². The van der Waals surface area contributed by atoms with Gasteiger partial charge in [0.05, 0.1) is 12.5 Å². The van der Waals surface area contributed by atoms with Crippen molar-refractivity contribution in [2.75, 3.05) is 38.2 Å². The molecule has 0 unspecified atom stereocenters. The first-order valence-electron chi connectivity index (χ1n) is 10.2. The number of ether oxygens (including phenoxy) is 1. The summed E-state index contributed by atoms with van der Waals surface area (Å²) in [5.41, 5.74) is 2.79. The molecule has 1 saturated heterocycles. The van der Waals surface area contributed by atoms with Crippen LogP contribution >= 0.6 is 11.3 Å². The quantitative estimate of drug-likeness (QED) is 0.671. The number of anilines is 1. The number of benzene rings is 1. The highest BCUT2D eigenvalue weighted by atomic mass is 32.1. The summed E-state index contributed by atoms with van der Waals surface area (Å²) in [5.74, 6) is 2.13. The van der Waals surface area contributed by atoms with Crippen LogP contribution in [-0.4, -0.2) is 48.2 Å². The summed E-state index contributed by atoms with van der Waals surface area (Å²) in [6.07, 6.45) is 6.75. The highest BCUT2D eigenvalue weighted by Crippen LogP contribution is 2.39. The van der Waals surface area contributed by atoms with E-state index < -0.39 is 0 Å². The fourth-order valence-corrected chi connectivity index (χ4v) is 5.73. The molecule has 1 aromatic carbocycles. The molecule has 1 fully saturated rings. The minimum absolute atomic E-state index is 0.935. The third-order valence-electron chi connectivity index (χ3n) is 5.99. The number of fused-ring (bicyclic) bond motifs is 3. The number of aryl methyl sites for hydroxylation is 2. The van der Waals surface area contributed by atoms with Gasteiger partial charge in [0.2, 0.25) is 0 Å². The summed E-state index contributed by atoms with van der Waals surface area (Å²) in [6, 6.07) is 8.33. The summed E-state index contributed by atoms with van der Waals surface area (Å²) >= 11 is 1.88. The summed E-state index contributed by atoms with van der Waals surface area (Å²) in [5, 5.41) is 1.33. The van der Waals surface area contributed by atoms with E-state index in [9.17, 15) is 0 Å². The van der Waals surface area contributed by atoms with Crippen LogP contribution in [0, 0.1) is 0 Å². The number of nitrogens with zero attached hydrogens (tertiary/aromatic N) is 4. The average molecular weight is 395 g/mol. The van der Waals surface area contributed by atoms with Crippen molar-refractivity contribution < 1.29 is 4.74 Å². The molecule has 2 aromatic heterocycles. The van der Waals surface area contributed by atoms with E-state index in [1.165, 1.54) is 51.9 Å². The molecule has 146 valence electrons. The van der Waals surface area contributed by atoms with Gasteiger partial charge in [0.1, 0.15) is 22.7 Å². The lowest BCUT2D eigenvalue weighted by molar-refractivity contribution is 0.245. The molecule has 28 heavy (non-hydrogen) atoms. The first-order valence-corrected chi connectivity index (χ1v) is 11.0. The van der Waals surface area contributed by atoms with Gasteiger partial charge in [-0.25, -0.2) is 9.97 Å². The average Bonchev–Trinajstić information content (AvgIpc) is 3.13. The Balaban J connectivity index is 1.34. The first kappa shape index (κ1) is 17.9. The van der Waals surface area contributed by atoms with Gasteiger partial charge in [-0.2, -0.15) is 0 Å². The van der Waals surface area contributed by atoms with Crippen LogP contribution in [0.2, 0.25) is 0 Å². The Bertz CT molecular complexity index is 978. The Hall–Kier alpha value is -2.18. The number of para-hydroxylation sites is 1. The lowest BCUT2D eigenvalue weighted by Gasteiger charge is -2.36. The van der Waals surface area contributed by atoms with E-state index in [1.54, 1.807) is 13.4 Å². The lowest BCUT2D eigenvalue weighted by Crippen LogP contribution is -2.46. The standard InChI is InChI=1S/C22H26N4OS/c1-27-18-8-4-2-6-16(18)14-25-10-12-26(13-11-25)21-20-17-7-3-5-9-19(17)28-22(20)24-15-23-21/h2,4,6,8,15H,3,5,7,9-14H2,1H3. The van der Waals surface area contributed by atoms with Gasteiger partial charge in [0, 0.05) is 43.2 Å². The Morgan fingerprint density at radius 2 is 1.86 bits per heavy atom. The zero-order valence-corrected chi connectivity index (χ0v) is 17.2. The van der Waals surface area contributed by atoms with Crippen LogP contribution in [0.1, 0.15) is 28.8 Å². The summed E-state index contributed by atoms with van der Waals surface area (Å²) in [6.45, 7) is 5.02. The van der Waals surface area contributed by atoms with Gasteiger partial charge in [0.25, 0.3) is 0 Å². The number of hydrogen-bond acceptors (Lipinski definition) is 6. The highest BCUT2D eigenvalue weighted by Gasteiger charge is 2.25. The molecule has 1 aliphatic heterocycles. The fourth-order valence-electron chi connectivity index (χ4n) is 4.51. The second-order valence-electron chi connectivity index (χ2n) is 7.66. The number of methoxy groups -OCH3 is 1. The van der Waals surface area contributed by atoms with Crippen LogP contribution in [0.5, 0.6) is 5.75 Å². The molecule has 2 aliphatic rings. The van der Waals surface area contributed by atoms with Gasteiger partial charge in [-0.3, -0.25) is 4.90 Å². The van der Waals surface area contributed by atoms with Crippen molar-refractivity contribution in [3.63, 3.8) is 0 Å². The number of aromatic nitrogens is 2. The SMILES string of the molecule is COc1ccccc1CN1CCN(c2ncnc3sc4c(c23)CCCC4)CC1. The fraction of sp³-hybridized carbons (Fsp3) is 0.455. The summed E-state index contributed by atoms with van der Waals surface area (Å²) < 4.78 is 5.52. The normalized spacial score (nSPS) is 17.7. The zero-order chi connectivity index (χ0) is 18.9. The number of rotatable bonds is 4. The van der Waals surface area contributed by atoms with Crippen molar-refractivity contribution in [3.05, 3.63) is 46.6 Å². The predicted molar refractivity (Wildman–Crippen MR) is 115 cm³/mol. The summed E-state index contributed by atoms with van der Waals surface area (Å²) in [7, 11) is 1.75. The van der Waals surface area contributed by atoms with E-state index in [0.29, 0.717) is 0 Å². The predicted octanol–water partition coefficient (Wildman–Crippen LogP) is 3.90. The Kier molecular flexibility index (Phi) is 4.91. The van der Waals surface area contributed by atoms with E-state index in [-0.39, 0.29) is 0 Å². The van der Waals surface area contributed by atoms with E-state index in [0.717, 1.165) is 44.3 Å². The van der Waals surface area contributed by atoms with E-state index >= 15 is 0 Å². The topological polar surface area (TPSA) is 41.5 Å². The van der Waals surface area contributed by atoms with Crippen molar-refractivity contribution in [1.82, 2.24) is 14.9 Å². The molecule has 0 spiro atoms. The third-order valence-corrected chi connectivity index (χ3v) is 7.19. The second kappa shape index (κ2) is 7.68. The van der Waals surface area contributed by atoms with Gasteiger partial charge in [-0.05, 0) is 37.3 Å². The molecule has 0 amide bonds. The molecule has 5 rings (SSSR count). The minimum atomic E-state index is 0.935. The van der Waals surface area contributed by atoms with Crippen molar-refractivity contribution in [2.45, 2.75) is 32.2 Å². The second-order valence-corrected chi connectivity index (χ2v) is 8.75. The van der Waals surface area contributed by atoms with Crippen molar-refractivity contribution in [3.8, 4) is 5.75 Å². The van der Waals surface area contributed by atoms with Gasteiger partial charge < -0.3 is 9.64 Å². The molecule has 0 bridgehead atoms. The molecule has 0 N–H and O–H groups in total. The molecule has 3 heterocycles. The van der Waals surface area contributed by atoms with Crippen LogP contribution in [0.4, 0.5) is 5.82 Å². The first-order chi connectivity index (χ1) is 13.8. The maximum Gasteiger partial charge on any atom is 0.141 e. The molecular formula is C22H26N4OS. The Labute approximate surface area is 170 Å². The van der Waals surface area contributed by atoms with E-state index in [1.807, 2.05) is 23.5 Å². The Morgan fingerprint density at radius 1 is 1.04 bits per heavy atom. The van der Waals surface area contributed by atoms with Gasteiger partial charge in [-0.15, -0.1) is 11.3 Å². The molecule has 6 heteroatoms. The van der Waals surface area contributed by atoms with Crippen LogP contribution in [0.15, 0.2) is 30.6 Å². The largest absolute Gasteiger partial charge is 0.496 e. The van der Waals surface area contributed by atoms with Crippen LogP contribution in [0.25, 0.3) is 10.2 Å². The number of piperazine rings is 1. The minimum Gasteiger partial charge on any atom is -0.496 e. The van der Waals surface area contributed by atoms with Crippen LogP contribution in [-0.2, 0) is 19.4 Å². The molecule has 0 radical (unpaired) electrons. The highest BCUT2D eigenvalue weighted by molar-refractivity contribution is 7.19. The summed E-state index contributed by atoms with van der Waals surface area (Å²) in [4.78, 5) is 17.0. The molecule has 0 atom stereocenters. The molecule has 1 aliphatic carbocycles. The van der Waals surface area contributed by atoms with Crippen molar-refractivity contribution in [2.24, 2.45) is 0 Å². The van der Waals surface area contributed by atoms with Gasteiger partial charge in [-0.1, -0.05) is 18.2 Å². The Morgan fingerprint density at radius 3 is 2.71 bits per heavy atom. The van der Waals surface area contributed by atoms with Gasteiger partial charge >= 0.3 is 0 Å². The zero-order valence-electron chi connectivity index (χ0n) is 16.4. The van der Waals surface area contributed by atoms with Crippen molar-refractivity contribution >= 4 is 27.4 Å². The lowest BCUT2D eigenvalue weighted by atomic mass is 9.97. The maximum absolute atomic E-state index is 5.52. The number of hydrogen-bond donors (Lipinski definition) is 0. The monoisotopic (exact) mass is 394 g/mol. The molecule has 3 aromatic rings. The molecule has 5 nitrogen and oxygen atoms in total. The maximum atomic E-state index is 5.52. The third kappa shape index (κ3) is 3.25. The van der Waals surface area contributed by atoms with Gasteiger partial charge in [0.15, 0.2) is 0 Å². The van der Waals surface area contributed by atoms with Crippen LogP contribution in [0.3, 0.4) is 0 Å². The van der Waals surface area contributed by atoms with E-state index in [4.69, 9.17) is 9.72 Å².